The van der Waals surface area contributed by atoms with Gasteiger partial charge in [-0.15, -0.1) is 11.3 Å². The van der Waals surface area contributed by atoms with Crippen LogP contribution in [0.3, 0.4) is 0 Å². The lowest BCUT2D eigenvalue weighted by Crippen LogP contribution is -2.43. The van der Waals surface area contributed by atoms with Crippen LogP contribution in [0, 0.1) is 0 Å². The summed E-state index contributed by atoms with van der Waals surface area (Å²) in [5, 5.41) is 2.86. The lowest BCUT2D eigenvalue weighted by Gasteiger charge is -2.25. The topological polar surface area (TPSA) is 106 Å². The van der Waals surface area contributed by atoms with Gasteiger partial charge in [0.2, 0.25) is 5.91 Å². The maximum absolute atomic E-state index is 12.3. The maximum Gasteiger partial charge on any atom is 0.302 e. The van der Waals surface area contributed by atoms with Crippen molar-refractivity contribution in [3.05, 3.63) is 18.2 Å². The summed E-state index contributed by atoms with van der Waals surface area (Å²) in [6.07, 6.45) is 0. The molecule has 0 bridgehead atoms. The Morgan fingerprint density at radius 2 is 2.07 bits per heavy atom. The van der Waals surface area contributed by atoms with Gasteiger partial charge in [0.1, 0.15) is 6.61 Å². The number of carbonyl (C=O) groups excluding carboxylic acids is 2. The Bertz CT molecular complexity index is 960. The third kappa shape index (κ3) is 6.16. The van der Waals surface area contributed by atoms with Crippen molar-refractivity contribution in [1.82, 2.24) is 9.88 Å². The molecule has 1 saturated heterocycles. The number of aromatic nitrogens is 1. The van der Waals surface area contributed by atoms with E-state index in [2.05, 4.69) is 10.3 Å². The van der Waals surface area contributed by atoms with E-state index in [1.165, 1.54) is 30.0 Å². The number of benzene rings is 1. The molecule has 2 heterocycles. The van der Waals surface area contributed by atoms with Gasteiger partial charge in [0.05, 0.1) is 28.3 Å². The highest BCUT2D eigenvalue weighted by Gasteiger charge is 2.23. The molecular weight excluding hydrogens is 422 g/mol. The van der Waals surface area contributed by atoms with Gasteiger partial charge >= 0.3 is 5.97 Å². The molecule has 0 spiro atoms. The van der Waals surface area contributed by atoms with Crippen molar-refractivity contribution in [1.29, 1.82) is 0 Å². The van der Waals surface area contributed by atoms with E-state index in [4.69, 9.17) is 4.74 Å². The van der Waals surface area contributed by atoms with Crippen LogP contribution in [0.4, 0.5) is 5.69 Å². The van der Waals surface area contributed by atoms with E-state index in [-0.39, 0.29) is 29.9 Å². The molecule has 0 saturated carbocycles. The van der Waals surface area contributed by atoms with E-state index in [0.29, 0.717) is 31.1 Å². The number of esters is 1. The number of ether oxygens (including phenoxy) is 1. The number of carbonyl (C=O) groups is 2. The standard InChI is InChI=1S/C17H21N3O5S3/c1-12(21)25-6-7-26-17-19-14-3-2-13(10-15(14)27-17)18-16(22)11-20-4-8-28(23,24)9-5-20/h2-3,10H,4-9,11H2,1H3,(H,18,22). The zero-order valence-electron chi connectivity index (χ0n) is 15.3. The van der Waals surface area contributed by atoms with Crippen LogP contribution in [-0.4, -0.2) is 73.7 Å². The molecule has 2 aromatic rings. The summed E-state index contributed by atoms with van der Waals surface area (Å²) >= 11 is 3.03. The molecule has 1 fully saturated rings. The molecule has 0 atom stereocenters. The van der Waals surface area contributed by atoms with Gasteiger partial charge in [0.25, 0.3) is 0 Å². The largest absolute Gasteiger partial charge is 0.465 e. The molecule has 3 rings (SSSR count). The van der Waals surface area contributed by atoms with Crippen molar-refractivity contribution in [2.24, 2.45) is 0 Å². The number of nitrogens with zero attached hydrogens (tertiary/aromatic N) is 2. The minimum Gasteiger partial charge on any atom is -0.465 e. The Labute approximate surface area is 171 Å². The first-order valence-corrected chi connectivity index (χ1v) is 12.3. The summed E-state index contributed by atoms with van der Waals surface area (Å²) in [5.41, 5.74) is 1.53. The van der Waals surface area contributed by atoms with E-state index >= 15 is 0 Å². The number of nitrogens with one attached hydrogen (secondary N) is 1. The molecule has 0 aliphatic carbocycles. The third-order valence-electron chi connectivity index (χ3n) is 4.07. The van der Waals surface area contributed by atoms with Gasteiger partial charge in [-0.2, -0.15) is 0 Å². The second kappa shape index (κ2) is 9.21. The van der Waals surface area contributed by atoms with Gasteiger partial charge < -0.3 is 10.1 Å². The fraction of sp³-hybridized carbons (Fsp3) is 0.471. The molecule has 1 N–H and O–H groups in total. The minimum atomic E-state index is -2.95. The van der Waals surface area contributed by atoms with E-state index < -0.39 is 9.84 Å². The van der Waals surface area contributed by atoms with Gasteiger partial charge in [-0.25, -0.2) is 13.4 Å². The Balaban J connectivity index is 1.53. The molecule has 0 unspecified atom stereocenters. The molecule has 1 aliphatic rings. The highest BCUT2D eigenvalue weighted by molar-refractivity contribution is 8.01. The van der Waals surface area contributed by atoms with Gasteiger partial charge in [-0.1, -0.05) is 11.8 Å². The van der Waals surface area contributed by atoms with Crippen LogP contribution in [0.5, 0.6) is 0 Å². The highest BCUT2D eigenvalue weighted by atomic mass is 32.2. The number of hydrogen-bond donors (Lipinski definition) is 1. The smallest absolute Gasteiger partial charge is 0.302 e. The van der Waals surface area contributed by atoms with Crippen LogP contribution >= 0.6 is 23.1 Å². The molecule has 152 valence electrons. The monoisotopic (exact) mass is 443 g/mol. The third-order valence-corrected chi connectivity index (χ3v) is 7.81. The van der Waals surface area contributed by atoms with Crippen molar-refractivity contribution in [2.45, 2.75) is 11.3 Å². The van der Waals surface area contributed by atoms with Crippen LogP contribution in [-0.2, 0) is 24.2 Å². The first-order chi connectivity index (χ1) is 13.3. The van der Waals surface area contributed by atoms with Crippen LogP contribution in [0.2, 0.25) is 0 Å². The average molecular weight is 444 g/mol. The average Bonchev–Trinajstić information content (AvgIpc) is 3.02. The summed E-state index contributed by atoms with van der Waals surface area (Å²) in [6.45, 7) is 2.67. The normalized spacial score (nSPS) is 16.8. The molecule has 11 heteroatoms. The Morgan fingerprint density at radius 3 is 2.79 bits per heavy atom. The predicted molar refractivity (Wildman–Crippen MR) is 111 cm³/mol. The Hall–Kier alpha value is -1.69. The fourth-order valence-electron chi connectivity index (χ4n) is 2.67. The second-order valence-corrected chi connectivity index (χ2v) is 11.0. The van der Waals surface area contributed by atoms with Crippen molar-refractivity contribution in [3.8, 4) is 0 Å². The lowest BCUT2D eigenvalue weighted by atomic mass is 10.3. The first kappa shape index (κ1) is 21.0. The Kier molecular flexibility index (Phi) is 6.91. The molecule has 0 radical (unpaired) electrons. The number of thiazole rings is 1. The van der Waals surface area contributed by atoms with Gasteiger partial charge in [-0.3, -0.25) is 14.5 Å². The molecule has 1 aromatic carbocycles. The van der Waals surface area contributed by atoms with Crippen molar-refractivity contribution >= 4 is 60.7 Å². The number of fused-ring (bicyclic) bond motifs is 1. The van der Waals surface area contributed by atoms with E-state index in [1.54, 1.807) is 6.07 Å². The van der Waals surface area contributed by atoms with Crippen molar-refractivity contribution < 1.29 is 22.7 Å². The summed E-state index contributed by atoms with van der Waals surface area (Å²) in [6, 6.07) is 5.53. The number of thioether (sulfide) groups is 1. The van der Waals surface area contributed by atoms with Crippen LogP contribution < -0.4 is 5.32 Å². The molecule has 8 nitrogen and oxygen atoms in total. The van der Waals surface area contributed by atoms with Gasteiger partial charge in [-0.05, 0) is 18.2 Å². The van der Waals surface area contributed by atoms with Crippen LogP contribution in [0.15, 0.2) is 22.5 Å². The van der Waals surface area contributed by atoms with Gasteiger partial charge in [0, 0.05) is 31.5 Å². The quantitative estimate of drug-likeness (QED) is 0.391. The molecule has 28 heavy (non-hydrogen) atoms. The number of amides is 1. The zero-order chi connectivity index (χ0) is 20.1. The fourth-order valence-corrected chi connectivity index (χ4v) is 5.94. The SMILES string of the molecule is CC(=O)OCCSc1nc2ccc(NC(=O)CN3CCS(=O)(=O)CC3)cc2s1. The summed E-state index contributed by atoms with van der Waals surface area (Å²) in [5.74, 6) is 0.375. The van der Waals surface area contributed by atoms with Crippen molar-refractivity contribution in [2.75, 3.05) is 48.8 Å². The van der Waals surface area contributed by atoms with E-state index in [1.807, 2.05) is 17.0 Å². The van der Waals surface area contributed by atoms with E-state index in [9.17, 15) is 18.0 Å². The van der Waals surface area contributed by atoms with Crippen molar-refractivity contribution in [3.63, 3.8) is 0 Å². The summed E-state index contributed by atoms with van der Waals surface area (Å²) in [7, 11) is -2.95. The summed E-state index contributed by atoms with van der Waals surface area (Å²) in [4.78, 5) is 29.4. The highest BCUT2D eigenvalue weighted by Crippen LogP contribution is 2.31. The minimum absolute atomic E-state index is 0.102. The second-order valence-electron chi connectivity index (χ2n) is 6.33. The summed E-state index contributed by atoms with van der Waals surface area (Å²) < 4.78 is 29.7. The maximum atomic E-state index is 12.3. The predicted octanol–water partition coefficient (Wildman–Crippen LogP) is 1.62. The van der Waals surface area contributed by atoms with Crippen LogP contribution in [0.1, 0.15) is 6.92 Å². The molecule has 1 amide bonds. The number of anilines is 1. The lowest BCUT2D eigenvalue weighted by molar-refractivity contribution is -0.140. The zero-order valence-corrected chi connectivity index (χ0v) is 17.8. The van der Waals surface area contributed by atoms with E-state index in [0.717, 1.165) is 14.6 Å². The molecule has 1 aromatic heterocycles. The molecular formula is C17H21N3O5S3. The molecule has 1 aliphatic heterocycles. The number of sulfone groups is 1. The number of rotatable bonds is 7. The first-order valence-electron chi connectivity index (χ1n) is 8.70. The Morgan fingerprint density at radius 1 is 1.32 bits per heavy atom. The van der Waals surface area contributed by atoms with Crippen LogP contribution in [0.25, 0.3) is 10.2 Å². The van der Waals surface area contributed by atoms with Gasteiger partial charge in [0.15, 0.2) is 14.2 Å². The number of hydrogen-bond acceptors (Lipinski definition) is 9.